The van der Waals surface area contributed by atoms with Crippen LogP contribution in [0.1, 0.15) is 22.6 Å². The molecule has 0 saturated heterocycles. The summed E-state index contributed by atoms with van der Waals surface area (Å²) in [5, 5.41) is 0. The van der Waals surface area contributed by atoms with Gasteiger partial charge in [0, 0.05) is 31.6 Å². The molecule has 1 aromatic carbocycles. The first-order valence-corrected chi connectivity index (χ1v) is 7.36. The number of aromatic nitrogens is 2. The summed E-state index contributed by atoms with van der Waals surface area (Å²) in [6.45, 7) is 0.502. The van der Waals surface area contributed by atoms with Gasteiger partial charge < -0.3 is 9.72 Å². The predicted octanol–water partition coefficient (Wildman–Crippen LogP) is 2.24. The number of aromatic amines is 1. The molecule has 1 aliphatic rings. The van der Waals surface area contributed by atoms with E-state index in [4.69, 9.17) is 0 Å². The Balaban J connectivity index is 1.79. The van der Waals surface area contributed by atoms with Crippen LogP contribution in [0.4, 0.5) is 8.78 Å². The molecule has 0 saturated carbocycles. The second-order valence-electron chi connectivity index (χ2n) is 5.52. The fourth-order valence-electron chi connectivity index (χ4n) is 2.83. The summed E-state index contributed by atoms with van der Waals surface area (Å²) in [6.07, 6.45) is 0.665. The van der Waals surface area contributed by atoms with Crippen LogP contribution in [0.2, 0.25) is 0 Å². The Morgan fingerprint density at radius 1 is 1.39 bits per heavy atom. The molecular weight excluding hydrogens is 304 g/mol. The molecule has 5 nitrogen and oxygen atoms in total. The summed E-state index contributed by atoms with van der Waals surface area (Å²) in [6, 6.07) is 6.72. The van der Waals surface area contributed by atoms with Gasteiger partial charge in [0.25, 0.3) is 5.56 Å². The second-order valence-corrected chi connectivity index (χ2v) is 5.52. The number of fused-ring (bicyclic) bond motifs is 1. The van der Waals surface area contributed by atoms with E-state index in [0.29, 0.717) is 43.0 Å². The fourth-order valence-corrected chi connectivity index (χ4v) is 2.83. The van der Waals surface area contributed by atoms with Crippen LogP contribution in [0.25, 0.3) is 0 Å². The van der Waals surface area contributed by atoms with Crippen LogP contribution in [0.3, 0.4) is 0 Å². The standard InChI is InChI=1S/C16H17F2N3O2/c1-10-19-13-6-7-21(9-12(13)15(22)20-10)8-11-4-2-3-5-14(11)23-16(17)18/h2-5,16H,6-9H2,1H3,(H,19,20,22). The minimum atomic E-state index is -2.85. The van der Waals surface area contributed by atoms with E-state index in [2.05, 4.69) is 14.7 Å². The quantitative estimate of drug-likeness (QED) is 0.938. The fraction of sp³-hybridized carbons (Fsp3) is 0.375. The number of rotatable bonds is 4. The SMILES string of the molecule is Cc1nc2c(c(=O)[nH]1)CN(Cc1ccccc1OC(F)F)CC2. The molecule has 23 heavy (non-hydrogen) atoms. The molecule has 7 heteroatoms. The summed E-state index contributed by atoms with van der Waals surface area (Å²) in [4.78, 5) is 21.1. The van der Waals surface area contributed by atoms with Crippen LogP contribution in [-0.2, 0) is 19.5 Å². The molecule has 0 aliphatic carbocycles. The first-order chi connectivity index (χ1) is 11.0. The van der Waals surface area contributed by atoms with Crippen LogP contribution in [0, 0.1) is 6.92 Å². The monoisotopic (exact) mass is 321 g/mol. The van der Waals surface area contributed by atoms with Crippen LogP contribution in [0.15, 0.2) is 29.1 Å². The smallest absolute Gasteiger partial charge is 0.387 e. The molecule has 3 rings (SSSR count). The Kier molecular flexibility index (Phi) is 4.38. The molecule has 2 heterocycles. The van der Waals surface area contributed by atoms with Gasteiger partial charge in [0.15, 0.2) is 0 Å². The lowest BCUT2D eigenvalue weighted by atomic mass is 10.1. The van der Waals surface area contributed by atoms with Crippen LogP contribution in [-0.4, -0.2) is 28.0 Å². The number of ether oxygens (including phenoxy) is 1. The molecule has 0 atom stereocenters. The van der Waals surface area contributed by atoms with E-state index >= 15 is 0 Å². The average molecular weight is 321 g/mol. The van der Waals surface area contributed by atoms with Crippen molar-refractivity contribution in [3.63, 3.8) is 0 Å². The van der Waals surface area contributed by atoms with E-state index < -0.39 is 6.61 Å². The number of alkyl halides is 2. The number of H-pyrrole nitrogens is 1. The van der Waals surface area contributed by atoms with Crippen LogP contribution < -0.4 is 10.3 Å². The minimum absolute atomic E-state index is 0.130. The van der Waals surface area contributed by atoms with Crippen molar-refractivity contribution in [2.24, 2.45) is 0 Å². The van der Waals surface area contributed by atoms with Crippen LogP contribution in [0.5, 0.6) is 5.75 Å². The van der Waals surface area contributed by atoms with Crippen molar-refractivity contribution < 1.29 is 13.5 Å². The number of hydrogen-bond donors (Lipinski definition) is 1. The molecule has 0 unspecified atom stereocenters. The summed E-state index contributed by atoms with van der Waals surface area (Å²) < 4.78 is 29.5. The summed E-state index contributed by atoms with van der Waals surface area (Å²) in [5.74, 6) is 0.780. The zero-order chi connectivity index (χ0) is 16.4. The molecule has 0 amide bonds. The van der Waals surface area contributed by atoms with E-state index in [9.17, 15) is 13.6 Å². The maximum atomic E-state index is 12.5. The normalized spacial score (nSPS) is 14.8. The summed E-state index contributed by atoms with van der Waals surface area (Å²) in [7, 11) is 0. The predicted molar refractivity (Wildman–Crippen MR) is 80.5 cm³/mol. The lowest BCUT2D eigenvalue weighted by Crippen LogP contribution is -2.35. The number of nitrogens with zero attached hydrogens (tertiary/aromatic N) is 2. The van der Waals surface area contributed by atoms with Gasteiger partial charge in [-0.15, -0.1) is 0 Å². The maximum absolute atomic E-state index is 12.5. The highest BCUT2D eigenvalue weighted by atomic mass is 19.3. The number of para-hydroxylation sites is 1. The van der Waals surface area contributed by atoms with Gasteiger partial charge in [0.1, 0.15) is 11.6 Å². The molecule has 0 bridgehead atoms. The van der Waals surface area contributed by atoms with Gasteiger partial charge in [0.2, 0.25) is 0 Å². The molecule has 2 aromatic rings. The molecule has 0 spiro atoms. The van der Waals surface area contributed by atoms with Crippen molar-refractivity contribution in [1.82, 2.24) is 14.9 Å². The Morgan fingerprint density at radius 3 is 2.96 bits per heavy atom. The van der Waals surface area contributed by atoms with Crippen molar-refractivity contribution in [1.29, 1.82) is 0 Å². The zero-order valence-corrected chi connectivity index (χ0v) is 12.7. The number of nitrogens with one attached hydrogen (secondary N) is 1. The van der Waals surface area contributed by atoms with Gasteiger partial charge in [0.05, 0.1) is 11.3 Å². The van der Waals surface area contributed by atoms with E-state index in [-0.39, 0.29) is 11.3 Å². The number of benzene rings is 1. The topological polar surface area (TPSA) is 58.2 Å². The third kappa shape index (κ3) is 3.56. The molecular formula is C16H17F2N3O2. The molecule has 1 N–H and O–H groups in total. The lowest BCUT2D eigenvalue weighted by Gasteiger charge is -2.28. The summed E-state index contributed by atoms with van der Waals surface area (Å²) >= 11 is 0. The third-order valence-corrected chi connectivity index (χ3v) is 3.85. The maximum Gasteiger partial charge on any atom is 0.387 e. The second kappa shape index (κ2) is 6.45. The zero-order valence-electron chi connectivity index (χ0n) is 12.7. The van der Waals surface area contributed by atoms with Gasteiger partial charge >= 0.3 is 6.61 Å². The van der Waals surface area contributed by atoms with Gasteiger partial charge in [-0.2, -0.15) is 8.78 Å². The Bertz CT molecular complexity index is 761. The molecule has 0 fully saturated rings. The largest absolute Gasteiger partial charge is 0.434 e. The first kappa shape index (κ1) is 15.6. The van der Waals surface area contributed by atoms with Crippen LogP contribution >= 0.6 is 0 Å². The number of halogens is 2. The van der Waals surface area contributed by atoms with Gasteiger partial charge in [-0.3, -0.25) is 9.69 Å². The average Bonchev–Trinajstić information content (AvgIpc) is 2.49. The van der Waals surface area contributed by atoms with Gasteiger partial charge in [-0.25, -0.2) is 4.98 Å². The lowest BCUT2D eigenvalue weighted by molar-refractivity contribution is -0.0508. The first-order valence-electron chi connectivity index (χ1n) is 7.36. The highest BCUT2D eigenvalue weighted by Gasteiger charge is 2.22. The van der Waals surface area contributed by atoms with Crippen molar-refractivity contribution in [3.05, 3.63) is 57.3 Å². The third-order valence-electron chi connectivity index (χ3n) is 3.85. The van der Waals surface area contributed by atoms with Gasteiger partial charge in [-0.05, 0) is 13.0 Å². The Labute approximate surface area is 131 Å². The minimum Gasteiger partial charge on any atom is -0.434 e. The molecule has 1 aromatic heterocycles. The molecule has 122 valence electrons. The molecule has 0 radical (unpaired) electrons. The van der Waals surface area contributed by atoms with E-state index in [0.717, 1.165) is 5.69 Å². The van der Waals surface area contributed by atoms with Crippen molar-refractivity contribution in [2.75, 3.05) is 6.54 Å². The number of aryl methyl sites for hydroxylation is 1. The van der Waals surface area contributed by atoms with E-state index in [1.165, 1.54) is 6.07 Å². The molecule has 1 aliphatic heterocycles. The highest BCUT2D eigenvalue weighted by molar-refractivity contribution is 5.33. The van der Waals surface area contributed by atoms with Crippen molar-refractivity contribution in [2.45, 2.75) is 33.0 Å². The van der Waals surface area contributed by atoms with E-state index in [1.807, 2.05) is 4.90 Å². The highest BCUT2D eigenvalue weighted by Crippen LogP contribution is 2.24. The van der Waals surface area contributed by atoms with Crippen molar-refractivity contribution >= 4 is 0 Å². The Morgan fingerprint density at radius 2 is 2.17 bits per heavy atom. The Hall–Kier alpha value is -2.28. The van der Waals surface area contributed by atoms with E-state index in [1.54, 1.807) is 25.1 Å². The van der Waals surface area contributed by atoms with Gasteiger partial charge in [-0.1, -0.05) is 18.2 Å². The number of hydrogen-bond acceptors (Lipinski definition) is 4. The summed E-state index contributed by atoms with van der Waals surface area (Å²) in [5.41, 5.74) is 2.01. The van der Waals surface area contributed by atoms with Crippen molar-refractivity contribution in [3.8, 4) is 5.75 Å².